The van der Waals surface area contributed by atoms with E-state index in [9.17, 15) is 4.79 Å². The Morgan fingerprint density at radius 3 is 2.48 bits per heavy atom. The zero-order chi connectivity index (χ0) is 16.2. The second-order valence-corrected chi connectivity index (χ2v) is 5.69. The van der Waals surface area contributed by atoms with Crippen LogP contribution in [0.15, 0.2) is 42.5 Å². The molecule has 0 bridgehead atoms. The summed E-state index contributed by atoms with van der Waals surface area (Å²) in [5.74, 6) is -0.136. The zero-order valence-corrected chi connectivity index (χ0v) is 13.2. The Hall–Kier alpha value is -2.53. The number of amides is 1. The number of anilines is 3. The van der Waals surface area contributed by atoms with E-state index >= 15 is 0 Å². The number of rotatable bonds is 3. The van der Waals surface area contributed by atoms with Gasteiger partial charge in [0.25, 0.3) is 5.91 Å². The first-order valence-electron chi connectivity index (χ1n) is 7.74. The number of ether oxygens (including phenoxy) is 1. The molecule has 0 spiro atoms. The van der Waals surface area contributed by atoms with Gasteiger partial charge in [-0.05, 0) is 37.3 Å². The third kappa shape index (κ3) is 3.63. The molecule has 5 nitrogen and oxygen atoms in total. The van der Waals surface area contributed by atoms with E-state index in [2.05, 4.69) is 10.2 Å². The molecule has 0 unspecified atom stereocenters. The highest BCUT2D eigenvalue weighted by atomic mass is 16.5. The predicted octanol–water partition coefficient (Wildman–Crippen LogP) is 2.67. The van der Waals surface area contributed by atoms with Crippen molar-refractivity contribution in [3.63, 3.8) is 0 Å². The van der Waals surface area contributed by atoms with E-state index in [0.717, 1.165) is 24.3 Å². The highest BCUT2D eigenvalue weighted by molar-refractivity contribution is 6.04. The molecule has 0 saturated carbocycles. The minimum absolute atomic E-state index is 0.136. The maximum atomic E-state index is 12.2. The number of nitrogens with zero attached hydrogens (tertiary/aromatic N) is 1. The molecule has 1 fully saturated rings. The standard InChI is InChI=1S/C18H21N3O2/c1-13-2-4-14(5-3-13)18(22)20-15-6-7-17(16(19)12-15)21-8-10-23-11-9-21/h2-7,12H,8-11,19H2,1H3,(H,20,22). The van der Waals surface area contributed by atoms with E-state index in [4.69, 9.17) is 10.5 Å². The van der Waals surface area contributed by atoms with Crippen LogP contribution in [0, 0.1) is 6.92 Å². The average molecular weight is 311 g/mol. The van der Waals surface area contributed by atoms with Crippen LogP contribution in [0.2, 0.25) is 0 Å². The molecule has 1 amide bonds. The lowest BCUT2D eigenvalue weighted by Gasteiger charge is -2.30. The molecule has 3 N–H and O–H groups in total. The van der Waals surface area contributed by atoms with Gasteiger partial charge in [0.05, 0.1) is 24.6 Å². The summed E-state index contributed by atoms with van der Waals surface area (Å²) < 4.78 is 5.36. The molecule has 5 heteroatoms. The number of carbonyl (C=O) groups is 1. The van der Waals surface area contributed by atoms with Crippen LogP contribution in [0.5, 0.6) is 0 Å². The van der Waals surface area contributed by atoms with Crippen LogP contribution in [-0.4, -0.2) is 32.2 Å². The lowest BCUT2D eigenvalue weighted by Crippen LogP contribution is -2.36. The molecule has 0 radical (unpaired) electrons. The van der Waals surface area contributed by atoms with Gasteiger partial charge < -0.3 is 20.7 Å². The van der Waals surface area contributed by atoms with Crippen molar-refractivity contribution in [1.82, 2.24) is 0 Å². The third-order valence-corrected chi connectivity index (χ3v) is 3.95. The van der Waals surface area contributed by atoms with E-state index in [1.54, 1.807) is 6.07 Å². The fourth-order valence-electron chi connectivity index (χ4n) is 2.63. The molecular formula is C18H21N3O2. The molecule has 1 aliphatic rings. The van der Waals surface area contributed by atoms with E-state index in [1.807, 2.05) is 43.3 Å². The molecule has 2 aromatic carbocycles. The summed E-state index contributed by atoms with van der Waals surface area (Å²) in [5, 5.41) is 2.89. The Labute approximate surface area is 136 Å². The maximum Gasteiger partial charge on any atom is 0.255 e. The number of nitrogens with one attached hydrogen (secondary N) is 1. The molecule has 3 rings (SSSR count). The van der Waals surface area contributed by atoms with Crippen molar-refractivity contribution in [2.45, 2.75) is 6.92 Å². The highest BCUT2D eigenvalue weighted by Crippen LogP contribution is 2.27. The zero-order valence-electron chi connectivity index (χ0n) is 13.2. The second-order valence-electron chi connectivity index (χ2n) is 5.69. The van der Waals surface area contributed by atoms with E-state index < -0.39 is 0 Å². The van der Waals surface area contributed by atoms with Gasteiger partial charge in [0.2, 0.25) is 0 Å². The summed E-state index contributed by atoms with van der Waals surface area (Å²) in [4.78, 5) is 14.4. The molecule has 0 aliphatic carbocycles. The summed E-state index contributed by atoms with van der Waals surface area (Å²) in [5.41, 5.74) is 10.3. The highest BCUT2D eigenvalue weighted by Gasteiger charge is 2.14. The summed E-state index contributed by atoms with van der Waals surface area (Å²) >= 11 is 0. The lowest BCUT2D eigenvalue weighted by molar-refractivity contribution is 0.102. The molecule has 0 aromatic heterocycles. The molecule has 23 heavy (non-hydrogen) atoms. The van der Waals surface area contributed by atoms with Crippen LogP contribution in [0.1, 0.15) is 15.9 Å². The van der Waals surface area contributed by atoms with E-state index in [1.165, 1.54) is 0 Å². The fourth-order valence-corrected chi connectivity index (χ4v) is 2.63. The van der Waals surface area contributed by atoms with Crippen molar-refractivity contribution in [2.75, 3.05) is 42.3 Å². The van der Waals surface area contributed by atoms with Crippen LogP contribution in [-0.2, 0) is 4.74 Å². The number of hydrogen-bond donors (Lipinski definition) is 2. The summed E-state index contributed by atoms with van der Waals surface area (Å²) in [6.45, 7) is 5.09. The molecule has 1 aliphatic heterocycles. The fraction of sp³-hybridized carbons (Fsp3) is 0.278. The number of benzene rings is 2. The number of carbonyl (C=O) groups excluding carboxylic acids is 1. The first kappa shape index (κ1) is 15.4. The largest absolute Gasteiger partial charge is 0.397 e. The van der Waals surface area contributed by atoms with Gasteiger partial charge in [0.1, 0.15) is 0 Å². The SMILES string of the molecule is Cc1ccc(C(=O)Nc2ccc(N3CCOCC3)c(N)c2)cc1. The molecular weight excluding hydrogens is 290 g/mol. The quantitative estimate of drug-likeness (QED) is 0.855. The summed E-state index contributed by atoms with van der Waals surface area (Å²) in [6.07, 6.45) is 0. The monoisotopic (exact) mass is 311 g/mol. The van der Waals surface area contributed by atoms with Crippen molar-refractivity contribution in [2.24, 2.45) is 0 Å². The number of hydrogen-bond acceptors (Lipinski definition) is 4. The maximum absolute atomic E-state index is 12.2. The van der Waals surface area contributed by atoms with Gasteiger partial charge in [-0.3, -0.25) is 4.79 Å². The topological polar surface area (TPSA) is 67.6 Å². The lowest BCUT2D eigenvalue weighted by atomic mass is 10.1. The van der Waals surface area contributed by atoms with Crippen LogP contribution in [0.3, 0.4) is 0 Å². The Balaban J connectivity index is 1.72. The van der Waals surface area contributed by atoms with Gasteiger partial charge in [-0.25, -0.2) is 0 Å². The van der Waals surface area contributed by atoms with Gasteiger partial charge >= 0.3 is 0 Å². The Bertz CT molecular complexity index is 692. The second kappa shape index (κ2) is 6.71. The van der Waals surface area contributed by atoms with E-state index in [-0.39, 0.29) is 5.91 Å². The normalized spacial score (nSPS) is 14.6. The molecule has 1 heterocycles. The van der Waals surface area contributed by atoms with Crippen molar-refractivity contribution in [3.05, 3.63) is 53.6 Å². The van der Waals surface area contributed by atoms with Crippen LogP contribution < -0.4 is 16.0 Å². The Morgan fingerprint density at radius 2 is 1.83 bits per heavy atom. The number of aryl methyl sites for hydroxylation is 1. The predicted molar refractivity (Wildman–Crippen MR) is 93.0 cm³/mol. The number of morpholine rings is 1. The third-order valence-electron chi connectivity index (χ3n) is 3.95. The van der Waals surface area contributed by atoms with Gasteiger partial charge in [0, 0.05) is 24.3 Å². The molecule has 0 atom stereocenters. The summed E-state index contributed by atoms with van der Waals surface area (Å²) in [6, 6.07) is 13.1. The minimum atomic E-state index is -0.136. The van der Waals surface area contributed by atoms with Gasteiger partial charge in [0.15, 0.2) is 0 Å². The van der Waals surface area contributed by atoms with Gasteiger partial charge in [-0.15, -0.1) is 0 Å². The molecule has 120 valence electrons. The van der Waals surface area contributed by atoms with Crippen LogP contribution in [0.25, 0.3) is 0 Å². The van der Waals surface area contributed by atoms with Gasteiger partial charge in [-0.1, -0.05) is 17.7 Å². The van der Waals surface area contributed by atoms with Crippen LogP contribution in [0.4, 0.5) is 17.1 Å². The first-order valence-corrected chi connectivity index (χ1v) is 7.74. The number of nitrogens with two attached hydrogens (primary N) is 1. The van der Waals surface area contributed by atoms with Gasteiger partial charge in [-0.2, -0.15) is 0 Å². The molecule has 1 saturated heterocycles. The summed E-state index contributed by atoms with van der Waals surface area (Å²) in [7, 11) is 0. The van der Waals surface area contributed by atoms with Crippen molar-refractivity contribution in [3.8, 4) is 0 Å². The van der Waals surface area contributed by atoms with Crippen LogP contribution >= 0.6 is 0 Å². The minimum Gasteiger partial charge on any atom is -0.397 e. The van der Waals surface area contributed by atoms with Crippen molar-refractivity contribution in [1.29, 1.82) is 0 Å². The first-order chi connectivity index (χ1) is 11.1. The van der Waals surface area contributed by atoms with E-state index in [0.29, 0.717) is 30.2 Å². The smallest absolute Gasteiger partial charge is 0.255 e. The van der Waals surface area contributed by atoms with Crippen molar-refractivity contribution < 1.29 is 9.53 Å². The average Bonchev–Trinajstić information content (AvgIpc) is 2.56. The Kier molecular flexibility index (Phi) is 4.48. The number of nitrogen functional groups attached to an aromatic ring is 1. The Morgan fingerprint density at radius 1 is 1.13 bits per heavy atom. The molecule has 2 aromatic rings. The van der Waals surface area contributed by atoms with Crippen molar-refractivity contribution >= 4 is 23.0 Å².